The molecule has 0 amide bonds. The van der Waals surface area contributed by atoms with Gasteiger partial charge in [-0.2, -0.15) is 0 Å². The number of phenols is 1. The summed E-state index contributed by atoms with van der Waals surface area (Å²) in [6.45, 7) is -0.880. The molecule has 3 N–H and O–H groups in total. The molecule has 0 heterocycles. The van der Waals surface area contributed by atoms with Gasteiger partial charge >= 0.3 is 0 Å². The number of aromatic hydroxyl groups is 1. The van der Waals surface area contributed by atoms with Gasteiger partial charge in [-0.05, 0) is 6.07 Å². The Balaban J connectivity index is 3.14. The summed E-state index contributed by atoms with van der Waals surface area (Å²) in [5, 5.41) is 19.6. The van der Waals surface area contributed by atoms with Crippen LogP contribution >= 0.6 is 0 Å². The molecule has 0 aliphatic heterocycles. The molecule has 0 aromatic heterocycles. The largest absolute Gasteiger partial charge is 0.508 e. The zero-order valence-electron chi connectivity index (χ0n) is 7.18. The van der Waals surface area contributed by atoms with E-state index < -0.39 is 17.6 Å². The van der Waals surface area contributed by atoms with E-state index in [0.29, 0.717) is 0 Å². The number of nitrogens with zero attached hydrogens (tertiary/aromatic N) is 1. The average Bonchev–Trinajstić information content (AvgIpc) is 2.17. The molecule has 0 aliphatic carbocycles. The first-order chi connectivity index (χ1) is 6.56. The van der Waals surface area contributed by atoms with Gasteiger partial charge in [0.15, 0.2) is 0 Å². The Labute approximate surface area is 79.1 Å². The second-order valence-electron chi connectivity index (χ2n) is 2.76. The Bertz CT molecular complexity index is 356. The maximum atomic E-state index is 12.2. The second kappa shape index (κ2) is 4.01. The van der Waals surface area contributed by atoms with Crippen molar-refractivity contribution in [3.05, 3.63) is 33.9 Å². The average molecular weight is 200 g/mol. The van der Waals surface area contributed by atoms with Crippen LogP contribution < -0.4 is 5.73 Å². The second-order valence-corrected chi connectivity index (χ2v) is 2.76. The predicted molar refractivity (Wildman–Crippen MR) is 47.7 cm³/mol. The molecule has 0 spiro atoms. The number of phenolic OH excluding ortho intramolecular Hbond substituents is 1. The molecule has 0 radical (unpaired) electrons. The lowest BCUT2D eigenvalue weighted by Gasteiger charge is -2.08. The van der Waals surface area contributed by atoms with Crippen molar-refractivity contribution >= 4 is 5.69 Å². The molecule has 0 fully saturated rings. The number of nitro benzene ring substituents is 1. The van der Waals surface area contributed by atoms with Gasteiger partial charge < -0.3 is 10.8 Å². The van der Waals surface area contributed by atoms with Crippen LogP contribution in [-0.4, -0.2) is 16.7 Å². The molecule has 5 nitrogen and oxygen atoms in total. The Morgan fingerprint density at radius 2 is 2.29 bits per heavy atom. The van der Waals surface area contributed by atoms with Crippen molar-refractivity contribution in [2.45, 2.75) is 6.04 Å². The van der Waals surface area contributed by atoms with Gasteiger partial charge in [0.25, 0.3) is 5.69 Å². The van der Waals surface area contributed by atoms with Crippen LogP contribution in [-0.2, 0) is 0 Å². The number of nitro groups is 1. The number of hydrogen-bond donors (Lipinski definition) is 2. The fourth-order valence-corrected chi connectivity index (χ4v) is 1.04. The Kier molecular flexibility index (Phi) is 2.98. The molecular formula is C8H9FN2O3. The van der Waals surface area contributed by atoms with Gasteiger partial charge in [0.2, 0.25) is 0 Å². The molecule has 0 saturated heterocycles. The SMILES string of the molecule is N[C@@H](CF)c1cc([N+](=O)[O-])ccc1O. The number of halogens is 1. The number of rotatable bonds is 3. The summed E-state index contributed by atoms with van der Waals surface area (Å²) in [7, 11) is 0. The molecule has 0 bridgehead atoms. The number of benzene rings is 1. The molecule has 1 aromatic carbocycles. The van der Waals surface area contributed by atoms with Crippen molar-refractivity contribution in [2.75, 3.05) is 6.67 Å². The zero-order chi connectivity index (χ0) is 10.7. The molecule has 0 unspecified atom stereocenters. The highest BCUT2D eigenvalue weighted by molar-refractivity contribution is 5.44. The lowest BCUT2D eigenvalue weighted by atomic mass is 10.1. The number of alkyl halides is 1. The summed E-state index contributed by atoms with van der Waals surface area (Å²) < 4.78 is 12.2. The van der Waals surface area contributed by atoms with Crippen LogP contribution in [0.3, 0.4) is 0 Å². The fraction of sp³-hybridized carbons (Fsp3) is 0.250. The van der Waals surface area contributed by atoms with Crippen LogP contribution in [0, 0.1) is 10.1 Å². The monoisotopic (exact) mass is 200 g/mol. The highest BCUT2D eigenvalue weighted by atomic mass is 19.1. The smallest absolute Gasteiger partial charge is 0.270 e. The van der Waals surface area contributed by atoms with Crippen LogP contribution in [0.25, 0.3) is 0 Å². The zero-order valence-corrected chi connectivity index (χ0v) is 7.18. The standard InChI is InChI=1S/C8H9FN2O3/c9-4-7(10)6-3-5(11(13)14)1-2-8(6)12/h1-3,7,12H,4,10H2/t7-/m0/s1. The molecule has 1 atom stereocenters. The summed E-state index contributed by atoms with van der Waals surface area (Å²) >= 11 is 0. The van der Waals surface area contributed by atoms with E-state index in [0.717, 1.165) is 18.2 Å². The van der Waals surface area contributed by atoms with E-state index in [1.807, 2.05) is 0 Å². The molecule has 14 heavy (non-hydrogen) atoms. The van der Waals surface area contributed by atoms with Crippen LogP contribution in [0.4, 0.5) is 10.1 Å². The maximum Gasteiger partial charge on any atom is 0.270 e. The molecule has 6 heteroatoms. The summed E-state index contributed by atoms with van der Waals surface area (Å²) in [4.78, 5) is 9.73. The fourth-order valence-electron chi connectivity index (χ4n) is 1.04. The Morgan fingerprint density at radius 1 is 1.64 bits per heavy atom. The molecule has 1 rings (SSSR count). The maximum absolute atomic E-state index is 12.2. The van der Waals surface area contributed by atoms with E-state index in [4.69, 9.17) is 5.73 Å². The van der Waals surface area contributed by atoms with Crippen LogP contribution in [0.5, 0.6) is 5.75 Å². The topological polar surface area (TPSA) is 89.4 Å². The minimum atomic E-state index is -1.03. The van der Waals surface area contributed by atoms with E-state index in [1.54, 1.807) is 0 Å². The van der Waals surface area contributed by atoms with Crippen molar-refractivity contribution in [2.24, 2.45) is 5.73 Å². The normalized spacial score (nSPS) is 12.4. The Morgan fingerprint density at radius 3 is 2.79 bits per heavy atom. The highest BCUT2D eigenvalue weighted by Gasteiger charge is 2.15. The van der Waals surface area contributed by atoms with Gasteiger partial charge in [0, 0.05) is 17.7 Å². The minimum absolute atomic E-state index is 0.0432. The summed E-state index contributed by atoms with van der Waals surface area (Å²) in [6.07, 6.45) is 0. The van der Waals surface area contributed by atoms with E-state index in [9.17, 15) is 19.6 Å². The summed E-state index contributed by atoms with van der Waals surface area (Å²) in [5.41, 5.74) is 5.13. The van der Waals surface area contributed by atoms with Crippen LogP contribution in [0.1, 0.15) is 11.6 Å². The first-order valence-corrected chi connectivity index (χ1v) is 3.85. The van der Waals surface area contributed by atoms with E-state index in [1.165, 1.54) is 0 Å². The molecule has 1 aromatic rings. The number of nitrogens with two attached hydrogens (primary N) is 1. The first kappa shape index (κ1) is 10.4. The predicted octanol–water partition coefficient (Wildman–Crippen LogP) is 1.27. The van der Waals surface area contributed by atoms with Crippen molar-refractivity contribution in [1.82, 2.24) is 0 Å². The van der Waals surface area contributed by atoms with Crippen LogP contribution in [0.15, 0.2) is 18.2 Å². The van der Waals surface area contributed by atoms with Crippen LogP contribution in [0.2, 0.25) is 0 Å². The Hall–Kier alpha value is -1.69. The molecular weight excluding hydrogens is 191 g/mol. The number of non-ortho nitro benzene ring substituents is 1. The van der Waals surface area contributed by atoms with E-state index in [-0.39, 0.29) is 17.0 Å². The third-order valence-electron chi connectivity index (χ3n) is 1.79. The van der Waals surface area contributed by atoms with Gasteiger partial charge in [-0.3, -0.25) is 10.1 Å². The van der Waals surface area contributed by atoms with Gasteiger partial charge in [0.1, 0.15) is 12.4 Å². The van der Waals surface area contributed by atoms with Crippen molar-refractivity contribution in [1.29, 1.82) is 0 Å². The number of hydrogen-bond acceptors (Lipinski definition) is 4. The third-order valence-corrected chi connectivity index (χ3v) is 1.79. The summed E-state index contributed by atoms with van der Waals surface area (Å²) in [5.74, 6) is -0.235. The highest BCUT2D eigenvalue weighted by Crippen LogP contribution is 2.27. The van der Waals surface area contributed by atoms with E-state index in [2.05, 4.69) is 0 Å². The van der Waals surface area contributed by atoms with Gasteiger partial charge in [-0.25, -0.2) is 4.39 Å². The van der Waals surface area contributed by atoms with E-state index >= 15 is 0 Å². The summed E-state index contributed by atoms with van der Waals surface area (Å²) in [6, 6.07) is 2.29. The molecule has 0 saturated carbocycles. The van der Waals surface area contributed by atoms with Crippen molar-refractivity contribution < 1.29 is 14.4 Å². The van der Waals surface area contributed by atoms with Crippen molar-refractivity contribution in [3.8, 4) is 5.75 Å². The van der Waals surface area contributed by atoms with Gasteiger partial charge in [-0.1, -0.05) is 0 Å². The molecule has 76 valence electrons. The third kappa shape index (κ3) is 1.97. The van der Waals surface area contributed by atoms with Gasteiger partial charge in [-0.15, -0.1) is 0 Å². The quantitative estimate of drug-likeness (QED) is 0.567. The van der Waals surface area contributed by atoms with Gasteiger partial charge in [0.05, 0.1) is 11.0 Å². The lowest BCUT2D eigenvalue weighted by Crippen LogP contribution is -2.12. The lowest BCUT2D eigenvalue weighted by molar-refractivity contribution is -0.385. The molecule has 0 aliphatic rings. The minimum Gasteiger partial charge on any atom is -0.508 e. The van der Waals surface area contributed by atoms with Crippen molar-refractivity contribution in [3.63, 3.8) is 0 Å². The first-order valence-electron chi connectivity index (χ1n) is 3.85.